The van der Waals surface area contributed by atoms with E-state index in [0.717, 1.165) is 9.97 Å². The van der Waals surface area contributed by atoms with Crippen molar-refractivity contribution in [2.24, 2.45) is 0 Å². The van der Waals surface area contributed by atoms with Crippen LogP contribution in [0.4, 0.5) is 0 Å². The predicted octanol–water partition coefficient (Wildman–Crippen LogP) is 2.02. The Kier molecular flexibility index (Phi) is 1.86. The van der Waals surface area contributed by atoms with E-state index in [-0.39, 0.29) is 0 Å². The summed E-state index contributed by atoms with van der Waals surface area (Å²) in [6, 6.07) is 0. The van der Waals surface area contributed by atoms with Gasteiger partial charge in [-0.2, -0.15) is 0 Å². The molecule has 2 nitrogen and oxygen atoms in total. The zero-order chi connectivity index (χ0) is 8.86. The Morgan fingerprint density at radius 1 is 1.36 bits per heavy atom. The Balaban J connectivity index is 3.04. The third-order valence-electron chi connectivity index (χ3n) is 2.15. The van der Waals surface area contributed by atoms with Gasteiger partial charge < -0.3 is 0 Å². The molecule has 0 bridgehead atoms. The molecule has 0 spiro atoms. The number of thiol groups is 1. The van der Waals surface area contributed by atoms with E-state index in [0.29, 0.717) is 0 Å². The summed E-state index contributed by atoms with van der Waals surface area (Å²) in [5, 5.41) is 12.7. The normalized spacial score (nSPS) is 28.7. The van der Waals surface area contributed by atoms with Crippen LogP contribution in [0.25, 0.3) is 0 Å². The number of hydroxylamine groups is 2. The molecule has 0 aromatic carbocycles. The molecule has 63 valence electrons. The second-order valence-electron chi connectivity index (χ2n) is 4.04. The first-order valence-corrected chi connectivity index (χ1v) is 4.13. The number of rotatable bonds is 0. The molecule has 1 rings (SSSR count). The van der Waals surface area contributed by atoms with Crippen LogP contribution < -0.4 is 0 Å². The van der Waals surface area contributed by atoms with E-state index in [4.69, 9.17) is 0 Å². The van der Waals surface area contributed by atoms with Crippen LogP contribution in [0.3, 0.4) is 0 Å². The molecule has 3 heteroatoms. The summed E-state index contributed by atoms with van der Waals surface area (Å²) >= 11 is 4.27. The summed E-state index contributed by atoms with van der Waals surface area (Å²) < 4.78 is 0. The highest BCUT2D eigenvalue weighted by atomic mass is 32.1. The maximum atomic E-state index is 11.6. The fourth-order valence-corrected chi connectivity index (χ4v) is 1.80. The Bertz CT molecular complexity index is 208. The van der Waals surface area contributed by atoms with Crippen molar-refractivity contribution < 1.29 is 5.21 Å². The van der Waals surface area contributed by atoms with Gasteiger partial charge in [0.15, 0.2) is 0 Å². The van der Waals surface area contributed by atoms with E-state index in [1.54, 1.807) is 0 Å². The lowest BCUT2D eigenvalue weighted by Gasteiger charge is -2.32. The van der Waals surface area contributed by atoms with Crippen LogP contribution in [0, 0.1) is 0 Å². The predicted molar refractivity (Wildman–Crippen MR) is 47.8 cm³/mol. The van der Waals surface area contributed by atoms with Crippen molar-refractivity contribution in [3.05, 3.63) is 11.0 Å². The second-order valence-corrected chi connectivity index (χ2v) is 4.52. The Labute approximate surface area is 73.3 Å². The summed E-state index contributed by atoms with van der Waals surface area (Å²) in [6.45, 7) is 7.55. The highest BCUT2D eigenvalue weighted by Gasteiger charge is 2.45. The molecule has 0 saturated heterocycles. The molecule has 0 amide bonds. The third-order valence-corrected chi connectivity index (χ3v) is 2.82. The molecule has 0 aromatic heterocycles. The van der Waals surface area contributed by atoms with Crippen molar-refractivity contribution in [3.8, 4) is 0 Å². The topological polar surface area (TPSA) is 23.1 Å². The zero-order valence-electron chi connectivity index (χ0n) is 7.38. The third kappa shape index (κ3) is 1.21. The van der Waals surface area contributed by atoms with Crippen LogP contribution in [0.2, 0.25) is 0 Å². The van der Waals surface area contributed by atoms with Crippen molar-refractivity contribution in [2.75, 3.05) is 0 Å². The monoisotopic (exact) mass is 172 g/mol. The molecule has 0 atom stereocenters. The molecule has 0 N–H and O–H groups in total. The average molecular weight is 172 g/mol. The molecule has 0 unspecified atom stereocenters. The molecule has 0 aromatic rings. The first-order chi connectivity index (χ1) is 4.78. The summed E-state index contributed by atoms with van der Waals surface area (Å²) in [4.78, 5) is 0.859. The van der Waals surface area contributed by atoms with E-state index in [2.05, 4.69) is 12.6 Å². The lowest BCUT2D eigenvalue weighted by Crippen LogP contribution is -2.46. The fraction of sp³-hybridized carbons (Fsp3) is 0.750. The van der Waals surface area contributed by atoms with Crippen LogP contribution in [-0.2, 0) is 5.21 Å². The quantitative estimate of drug-likeness (QED) is 0.555. The Hall–Kier alpha value is 0.01000. The minimum absolute atomic E-state index is 0.402. The van der Waals surface area contributed by atoms with Gasteiger partial charge in [-0.3, -0.25) is 0 Å². The van der Waals surface area contributed by atoms with Gasteiger partial charge >= 0.3 is 0 Å². The molecule has 0 fully saturated rings. The molecule has 0 aliphatic carbocycles. The maximum Gasteiger partial charge on any atom is 0.0748 e. The molecule has 11 heavy (non-hydrogen) atoms. The van der Waals surface area contributed by atoms with Crippen LogP contribution in [0.15, 0.2) is 11.0 Å². The van der Waals surface area contributed by atoms with E-state index in [1.165, 1.54) is 0 Å². The maximum absolute atomic E-state index is 11.6. The molecule has 1 aliphatic heterocycles. The average Bonchev–Trinajstić information content (AvgIpc) is 1.94. The van der Waals surface area contributed by atoms with Crippen molar-refractivity contribution in [3.63, 3.8) is 0 Å². The molecular formula is C8H14NOS. The Morgan fingerprint density at radius 2 is 1.82 bits per heavy atom. The molecule has 1 radical (unpaired) electrons. The SMILES string of the molecule is CC1(C)C=C(S)C(C)(C)N1[O]. The number of hydrogen-bond donors (Lipinski definition) is 1. The lowest BCUT2D eigenvalue weighted by molar-refractivity contribution is -0.237. The van der Waals surface area contributed by atoms with Gasteiger partial charge in [-0.15, -0.1) is 22.9 Å². The number of nitrogens with zero attached hydrogens (tertiary/aromatic N) is 1. The molecule has 1 aliphatic rings. The van der Waals surface area contributed by atoms with Crippen molar-refractivity contribution in [1.82, 2.24) is 5.06 Å². The summed E-state index contributed by atoms with van der Waals surface area (Å²) in [7, 11) is 0. The zero-order valence-corrected chi connectivity index (χ0v) is 8.27. The van der Waals surface area contributed by atoms with E-state index in [1.807, 2.05) is 33.8 Å². The first kappa shape index (κ1) is 9.10. The van der Waals surface area contributed by atoms with Crippen LogP contribution in [-0.4, -0.2) is 16.1 Å². The molecule has 0 saturated carbocycles. The fourth-order valence-electron chi connectivity index (χ4n) is 1.39. The van der Waals surface area contributed by atoms with Gasteiger partial charge in [0.25, 0.3) is 0 Å². The highest BCUT2D eigenvalue weighted by molar-refractivity contribution is 7.84. The van der Waals surface area contributed by atoms with Crippen LogP contribution in [0.5, 0.6) is 0 Å². The van der Waals surface area contributed by atoms with E-state index < -0.39 is 11.1 Å². The summed E-state index contributed by atoms with van der Waals surface area (Å²) in [5.41, 5.74) is -0.854. The summed E-state index contributed by atoms with van der Waals surface area (Å²) in [6.07, 6.45) is 1.91. The van der Waals surface area contributed by atoms with Crippen molar-refractivity contribution >= 4 is 12.6 Å². The van der Waals surface area contributed by atoms with Gasteiger partial charge in [0, 0.05) is 4.91 Å². The van der Waals surface area contributed by atoms with Crippen molar-refractivity contribution in [2.45, 2.75) is 38.8 Å². The minimum atomic E-state index is -0.452. The standard InChI is InChI=1S/C8H14NOS/c1-7(2)5-6(11)8(3,4)9(7)10/h5,11H,1-4H3. The van der Waals surface area contributed by atoms with Gasteiger partial charge in [0.2, 0.25) is 0 Å². The second kappa shape index (κ2) is 2.25. The smallest absolute Gasteiger partial charge is 0.0748 e. The summed E-state index contributed by atoms with van der Waals surface area (Å²) in [5.74, 6) is 0. The number of hydrogen-bond acceptors (Lipinski definition) is 2. The van der Waals surface area contributed by atoms with E-state index >= 15 is 0 Å². The molecular weight excluding hydrogens is 158 g/mol. The van der Waals surface area contributed by atoms with Gasteiger partial charge in [0.05, 0.1) is 11.1 Å². The first-order valence-electron chi connectivity index (χ1n) is 3.68. The van der Waals surface area contributed by atoms with Gasteiger partial charge in [-0.25, -0.2) is 0 Å². The van der Waals surface area contributed by atoms with E-state index in [9.17, 15) is 5.21 Å². The lowest BCUT2D eigenvalue weighted by atomic mass is 10.1. The van der Waals surface area contributed by atoms with Gasteiger partial charge in [0.1, 0.15) is 0 Å². The Morgan fingerprint density at radius 3 is 1.91 bits per heavy atom. The van der Waals surface area contributed by atoms with Gasteiger partial charge in [-0.05, 0) is 27.7 Å². The van der Waals surface area contributed by atoms with Crippen LogP contribution >= 0.6 is 12.6 Å². The molecule has 1 heterocycles. The van der Waals surface area contributed by atoms with Gasteiger partial charge in [-0.1, -0.05) is 6.08 Å². The van der Waals surface area contributed by atoms with Crippen molar-refractivity contribution in [1.29, 1.82) is 0 Å². The van der Waals surface area contributed by atoms with Crippen LogP contribution in [0.1, 0.15) is 27.7 Å². The highest BCUT2D eigenvalue weighted by Crippen LogP contribution is 2.39. The largest absolute Gasteiger partial charge is 0.146 e. The minimum Gasteiger partial charge on any atom is -0.146 e.